The number of nitrogens with zero attached hydrogens (tertiary/aromatic N) is 2. The molecule has 0 bridgehead atoms. The first-order valence-electron chi connectivity index (χ1n) is 4.86. The van der Waals surface area contributed by atoms with Crippen LogP contribution in [0.15, 0.2) is 12.4 Å². The molecule has 1 aromatic rings. The molecule has 15 heavy (non-hydrogen) atoms. The standard InChI is InChI=1S/C10H16N4O/c1-6(2)9(11)10(15)14-8-4-12-7(3)13-5-8/h4-6,9H,11H2,1-3H3,(H,14,15). The highest BCUT2D eigenvalue weighted by molar-refractivity contribution is 5.94. The molecule has 5 heteroatoms. The van der Waals surface area contributed by atoms with Gasteiger partial charge in [-0.2, -0.15) is 0 Å². The van der Waals surface area contributed by atoms with E-state index >= 15 is 0 Å². The summed E-state index contributed by atoms with van der Waals surface area (Å²) >= 11 is 0. The Morgan fingerprint density at radius 3 is 2.40 bits per heavy atom. The largest absolute Gasteiger partial charge is 0.322 e. The fourth-order valence-electron chi connectivity index (χ4n) is 0.985. The summed E-state index contributed by atoms with van der Waals surface area (Å²) in [7, 11) is 0. The maximum absolute atomic E-state index is 11.5. The van der Waals surface area contributed by atoms with E-state index in [4.69, 9.17) is 5.73 Å². The fourth-order valence-corrected chi connectivity index (χ4v) is 0.985. The van der Waals surface area contributed by atoms with E-state index in [1.807, 2.05) is 13.8 Å². The molecule has 1 amide bonds. The van der Waals surface area contributed by atoms with E-state index in [0.29, 0.717) is 11.5 Å². The van der Waals surface area contributed by atoms with Crippen LogP contribution >= 0.6 is 0 Å². The van der Waals surface area contributed by atoms with Crippen LogP contribution in [0.25, 0.3) is 0 Å². The Morgan fingerprint density at radius 2 is 1.93 bits per heavy atom. The van der Waals surface area contributed by atoms with Crippen LogP contribution in [0.5, 0.6) is 0 Å². The lowest BCUT2D eigenvalue weighted by molar-refractivity contribution is -0.118. The molecule has 0 spiro atoms. The number of nitrogens with two attached hydrogens (primary N) is 1. The van der Waals surface area contributed by atoms with Crippen LogP contribution in [0.2, 0.25) is 0 Å². The third-order valence-electron chi connectivity index (χ3n) is 2.07. The molecule has 1 aromatic heterocycles. The van der Waals surface area contributed by atoms with Crippen molar-refractivity contribution >= 4 is 11.6 Å². The molecule has 0 aromatic carbocycles. The van der Waals surface area contributed by atoms with Crippen molar-refractivity contribution in [3.8, 4) is 0 Å². The van der Waals surface area contributed by atoms with Gasteiger partial charge in [-0.25, -0.2) is 9.97 Å². The van der Waals surface area contributed by atoms with Gasteiger partial charge in [-0.15, -0.1) is 0 Å². The van der Waals surface area contributed by atoms with Gasteiger partial charge in [0, 0.05) is 0 Å². The van der Waals surface area contributed by atoms with Gasteiger partial charge >= 0.3 is 0 Å². The zero-order chi connectivity index (χ0) is 11.4. The van der Waals surface area contributed by atoms with Gasteiger partial charge in [0.2, 0.25) is 5.91 Å². The summed E-state index contributed by atoms with van der Waals surface area (Å²) < 4.78 is 0. The molecule has 1 atom stereocenters. The van der Waals surface area contributed by atoms with E-state index in [1.165, 1.54) is 0 Å². The topological polar surface area (TPSA) is 80.9 Å². The van der Waals surface area contributed by atoms with E-state index in [1.54, 1.807) is 19.3 Å². The number of hydrogen-bond acceptors (Lipinski definition) is 4. The smallest absolute Gasteiger partial charge is 0.241 e. The number of aromatic nitrogens is 2. The second-order valence-electron chi connectivity index (χ2n) is 3.78. The number of carbonyl (C=O) groups is 1. The second kappa shape index (κ2) is 4.84. The van der Waals surface area contributed by atoms with Gasteiger partial charge in [0.05, 0.1) is 24.1 Å². The molecule has 1 heterocycles. The van der Waals surface area contributed by atoms with Gasteiger partial charge in [0.1, 0.15) is 5.82 Å². The third kappa shape index (κ3) is 3.28. The van der Waals surface area contributed by atoms with Crippen LogP contribution < -0.4 is 11.1 Å². The van der Waals surface area contributed by atoms with Crippen molar-refractivity contribution in [1.29, 1.82) is 0 Å². The lowest BCUT2D eigenvalue weighted by Crippen LogP contribution is -2.39. The highest BCUT2D eigenvalue weighted by Gasteiger charge is 2.17. The molecule has 1 unspecified atom stereocenters. The normalized spacial score (nSPS) is 12.6. The average molecular weight is 208 g/mol. The number of nitrogens with one attached hydrogen (secondary N) is 1. The fraction of sp³-hybridized carbons (Fsp3) is 0.500. The van der Waals surface area contributed by atoms with Gasteiger partial charge < -0.3 is 11.1 Å². The summed E-state index contributed by atoms with van der Waals surface area (Å²) in [6.45, 7) is 5.58. The highest BCUT2D eigenvalue weighted by atomic mass is 16.2. The predicted octanol–water partition coefficient (Wildman–Crippen LogP) is 0.707. The van der Waals surface area contributed by atoms with Gasteiger partial charge in [-0.05, 0) is 12.8 Å². The minimum absolute atomic E-state index is 0.108. The van der Waals surface area contributed by atoms with Crippen LogP contribution in [0, 0.1) is 12.8 Å². The number of rotatable bonds is 3. The minimum Gasteiger partial charge on any atom is -0.322 e. The molecular formula is C10H16N4O. The van der Waals surface area contributed by atoms with E-state index in [2.05, 4.69) is 15.3 Å². The Hall–Kier alpha value is -1.49. The Labute approximate surface area is 89.1 Å². The Bertz CT molecular complexity index is 334. The van der Waals surface area contributed by atoms with E-state index in [0.717, 1.165) is 0 Å². The second-order valence-corrected chi connectivity index (χ2v) is 3.78. The Balaban J connectivity index is 2.62. The molecule has 0 aliphatic rings. The first kappa shape index (κ1) is 11.6. The molecule has 82 valence electrons. The average Bonchev–Trinajstić information content (AvgIpc) is 2.20. The predicted molar refractivity (Wildman–Crippen MR) is 58.2 cm³/mol. The van der Waals surface area contributed by atoms with Crippen molar-refractivity contribution in [3.05, 3.63) is 18.2 Å². The first-order valence-corrected chi connectivity index (χ1v) is 4.86. The quantitative estimate of drug-likeness (QED) is 0.766. The zero-order valence-corrected chi connectivity index (χ0v) is 9.19. The summed E-state index contributed by atoms with van der Waals surface area (Å²) in [5.41, 5.74) is 6.26. The van der Waals surface area contributed by atoms with Crippen LogP contribution in [-0.2, 0) is 4.79 Å². The summed E-state index contributed by atoms with van der Waals surface area (Å²) in [5.74, 6) is 0.565. The molecule has 0 fully saturated rings. The first-order chi connectivity index (χ1) is 7.00. The van der Waals surface area contributed by atoms with Crippen LogP contribution in [0.3, 0.4) is 0 Å². The number of hydrogen-bond donors (Lipinski definition) is 2. The molecular weight excluding hydrogens is 192 g/mol. The van der Waals surface area contributed by atoms with Crippen molar-refractivity contribution in [1.82, 2.24) is 9.97 Å². The molecule has 3 N–H and O–H groups in total. The van der Waals surface area contributed by atoms with Crippen molar-refractivity contribution in [2.24, 2.45) is 11.7 Å². The van der Waals surface area contributed by atoms with Crippen LogP contribution in [0.1, 0.15) is 19.7 Å². The number of amides is 1. The van der Waals surface area contributed by atoms with Crippen LogP contribution in [0.4, 0.5) is 5.69 Å². The molecule has 0 radical (unpaired) electrons. The van der Waals surface area contributed by atoms with E-state index in [9.17, 15) is 4.79 Å². The molecule has 0 aliphatic carbocycles. The monoisotopic (exact) mass is 208 g/mol. The summed E-state index contributed by atoms with van der Waals surface area (Å²) in [4.78, 5) is 19.5. The maximum atomic E-state index is 11.5. The molecule has 1 rings (SSSR count). The summed E-state index contributed by atoms with van der Waals surface area (Å²) in [6.07, 6.45) is 3.13. The van der Waals surface area contributed by atoms with E-state index < -0.39 is 6.04 Å². The zero-order valence-electron chi connectivity index (χ0n) is 9.19. The van der Waals surface area contributed by atoms with Crippen molar-refractivity contribution in [2.45, 2.75) is 26.8 Å². The summed E-state index contributed by atoms with van der Waals surface area (Å²) in [5, 5.41) is 2.66. The number of anilines is 1. The molecule has 0 aliphatic heterocycles. The Morgan fingerprint density at radius 1 is 1.40 bits per heavy atom. The van der Waals surface area contributed by atoms with Crippen molar-refractivity contribution in [2.75, 3.05) is 5.32 Å². The number of aryl methyl sites for hydroxylation is 1. The van der Waals surface area contributed by atoms with Gasteiger partial charge in [0.15, 0.2) is 0 Å². The van der Waals surface area contributed by atoms with Gasteiger partial charge in [0.25, 0.3) is 0 Å². The lowest BCUT2D eigenvalue weighted by Gasteiger charge is -2.14. The molecule has 5 nitrogen and oxygen atoms in total. The highest BCUT2D eigenvalue weighted by Crippen LogP contribution is 2.05. The SMILES string of the molecule is Cc1ncc(NC(=O)C(N)C(C)C)cn1. The third-order valence-corrected chi connectivity index (χ3v) is 2.07. The van der Waals surface area contributed by atoms with Gasteiger partial charge in [-0.1, -0.05) is 13.8 Å². The number of carbonyl (C=O) groups excluding carboxylic acids is 1. The van der Waals surface area contributed by atoms with E-state index in [-0.39, 0.29) is 11.8 Å². The summed E-state index contributed by atoms with van der Waals surface area (Å²) in [6, 6.07) is -0.508. The lowest BCUT2D eigenvalue weighted by atomic mass is 10.1. The van der Waals surface area contributed by atoms with Gasteiger partial charge in [-0.3, -0.25) is 4.79 Å². The maximum Gasteiger partial charge on any atom is 0.241 e. The molecule has 0 saturated carbocycles. The van der Waals surface area contributed by atoms with Crippen LogP contribution in [-0.4, -0.2) is 21.9 Å². The van der Waals surface area contributed by atoms with Crippen molar-refractivity contribution < 1.29 is 4.79 Å². The minimum atomic E-state index is -0.508. The molecule has 0 saturated heterocycles. The van der Waals surface area contributed by atoms with Crippen molar-refractivity contribution in [3.63, 3.8) is 0 Å². The Kier molecular flexibility index (Phi) is 3.74.